The zero-order valence-corrected chi connectivity index (χ0v) is 18.6. The molecule has 0 saturated heterocycles. The van der Waals surface area contributed by atoms with E-state index in [4.69, 9.17) is 21.2 Å². The molecule has 0 aliphatic carbocycles. The molecule has 0 bridgehead atoms. The number of aromatic nitrogens is 3. The van der Waals surface area contributed by atoms with E-state index in [-0.39, 0.29) is 39.8 Å². The Hall–Kier alpha value is -3.79. The van der Waals surface area contributed by atoms with Crippen LogP contribution in [0.25, 0.3) is 34.0 Å². The summed E-state index contributed by atoms with van der Waals surface area (Å²) in [5.74, 6) is -1.82. The van der Waals surface area contributed by atoms with Crippen molar-refractivity contribution in [1.29, 1.82) is 0 Å². The molecule has 0 amide bonds. The highest BCUT2D eigenvalue weighted by Crippen LogP contribution is 2.40. The molecular weight excluding hydrogens is 490 g/mol. The van der Waals surface area contributed by atoms with E-state index in [9.17, 15) is 22.4 Å². The quantitative estimate of drug-likeness (QED) is 0.282. The first-order valence-electron chi connectivity index (χ1n) is 10.3. The number of aryl methyl sites for hydroxylation is 1. The van der Waals surface area contributed by atoms with Crippen molar-refractivity contribution in [2.45, 2.75) is 25.4 Å². The first-order valence-corrected chi connectivity index (χ1v) is 10.7. The van der Waals surface area contributed by atoms with Gasteiger partial charge in [0, 0.05) is 29.3 Å². The summed E-state index contributed by atoms with van der Waals surface area (Å²) in [4.78, 5) is 19.0. The molecule has 4 aromatic rings. The molecule has 0 fully saturated rings. The van der Waals surface area contributed by atoms with Gasteiger partial charge in [0.25, 0.3) is 5.89 Å². The van der Waals surface area contributed by atoms with Gasteiger partial charge in [-0.1, -0.05) is 41.0 Å². The van der Waals surface area contributed by atoms with E-state index in [0.717, 1.165) is 18.2 Å². The average molecular weight is 506 g/mol. The first-order chi connectivity index (χ1) is 16.6. The molecule has 0 unspecified atom stereocenters. The summed E-state index contributed by atoms with van der Waals surface area (Å²) < 4.78 is 60.7. The van der Waals surface area contributed by atoms with Crippen LogP contribution in [-0.4, -0.2) is 26.2 Å². The topological polar surface area (TPSA) is 89.1 Å². The number of carboxylic acids is 1. The molecule has 1 N–H and O–H groups in total. The lowest BCUT2D eigenvalue weighted by Crippen LogP contribution is -2.08. The maximum atomic E-state index is 14.2. The smallest absolute Gasteiger partial charge is 0.417 e. The van der Waals surface area contributed by atoms with Crippen molar-refractivity contribution < 1.29 is 32.0 Å². The molecule has 4 rings (SSSR count). The maximum Gasteiger partial charge on any atom is 0.417 e. The van der Waals surface area contributed by atoms with Gasteiger partial charge in [-0.15, -0.1) is 0 Å². The highest BCUT2D eigenvalue weighted by atomic mass is 35.5. The number of aliphatic carboxylic acids is 1. The van der Waals surface area contributed by atoms with Gasteiger partial charge in [-0.05, 0) is 42.7 Å². The molecule has 2 heterocycles. The monoisotopic (exact) mass is 505 g/mol. The minimum absolute atomic E-state index is 0.000473. The highest BCUT2D eigenvalue weighted by molar-refractivity contribution is 6.31. The molecule has 0 spiro atoms. The summed E-state index contributed by atoms with van der Waals surface area (Å²) in [7, 11) is 0. The summed E-state index contributed by atoms with van der Waals surface area (Å²) in [6.45, 7) is 0. The van der Waals surface area contributed by atoms with Gasteiger partial charge in [0.05, 0.1) is 16.3 Å². The molecule has 2 aromatic heterocycles. The normalized spacial score (nSPS) is 11.6. The molecule has 6 nitrogen and oxygen atoms in total. The second kappa shape index (κ2) is 9.83. The van der Waals surface area contributed by atoms with Gasteiger partial charge in [-0.2, -0.15) is 18.2 Å². The van der Waals surface area contributed by atoms with Crippen molar-refractivity contribution >= 4 is 17.6 Å². The first kappa shape index (κ1) is 24.3. The Kier molecular flexibility index (Phi) is 6.83. The van der Waals surface area contributed by atoms with Gasteiger partial charge in [0.15, 0.2) is 0 Å². The Morgan fingerprint density at radius 3 is 2.51 bits per heavy atom. The van der Waals surface area contributed by atoms with Crippen molar-refractivity contribution in [1.82, 2.24) is 15.1 Å². The van der Waals surface area contributed by atoms with Crippen molar-refractivity contribution in [3.63, 3.8) is 0 Å². The molecular formula is C24H16ClF4N3O3. The van der Waals surface area contributed by atoms with Gasteiger partial charge < -0.3 is 9.63 Å². The van der Waals surface area contributed by atoms with Crippen LogP contribution in [0.15, 0.2) is 59.3 Å². The lowest BCUT2D eigenvalue weighted by Gasteiger charge is -2.14. The third-order valence-corrected chi connectivity index (χ3v) is 5.47. The Bertz CT molecular complexity index is 1390. The van der Waals surface area contributed by atoms with Crippen LogP contribution in [0.2, 0.25) is 5.02 Å². The van der Waals surface area contributed by atoms with Crippen LogP contribution in [0.4, 0.5) is 17.6 Å². The molecule has 35 heavy (non-hydrogen) atoms. The fourth-order valence-corrected chi connectivity index (χ4v) is 3.72. The van der Waals surface area contributed by atoms with Gasteiger partial charge in [0.1, 0.15) is 5.82 Å². The van der Waals surface area contributed by atoms with Crippen LogP contribution in [0.5, 0.6) is 0 Å². The van der Waals surface area contributed by atoms with Crippen molar-refractivity contribution in [2.75, 3.05) is 0 Å². The van der Waals surface area contributed by atoms with Gasteiger partial charge >= 0.3 is 12.1 Å². The van der Waals surface area contributed by atoms with E-state index >= 15 is 0 Å². The molecule has 0 radical (unpaired) electrons. The minimum atomic E-state index is -4.76. The van der Waals surface area contributed by atoms with Crippen molar-refractivity contribution in [3.8, 4) is 34.0 Å². The number of nitrogens with zero attached hydrogens (tertiary/aromatic N) is 3. The lowest BCUT2D eigenvalue weighted by atomic mass is 9.96. The van der Waals surface area contributed by atoms with Crippen LogP contribution >= 0.6 is 11.6 Å². The summed E-state index contributed by atoms with van der Waals surface area (Å²) in [6, 6.07) is 10.0. The van der Waals surface area contributed by atoms with Gasteiger partial charge in [-0.3, -0.25) is 9.78 Å². The molecule has 0 saturated carbocycles. The Morgan fingerprint density at radius 1 is 1.06 bits per heavy atom. The Labute approximate surface area is 201 Å². The molecule has 0 aliphatic rings. The van der Waals surface area contributed by atoms with Crippen molar-refractivity contribution in [3.05, 3.63) is 76.8 Å². The largest absolute Gasteiger partial charge is 0.481 e. The standard InChI is InChI=1S/C24H16ClF4N3O3/c25-18-11-14(12-30-20(18)6-3-7-21(33)34)22-31-23(35-32-22)13-8-9-15(17(10-13)24(27,28)29)16-4-1-2-5-19(16)26/h1-2,4-5,8-12H,3,6-7H2,(H,33,34). The summed E-state index contributed by atoms with van der Waals surface area (Å²) in [6.07, 6.45) is -2.65. The predicted octanol–water partition coefficient (Wildman–Crippen LogP) is 6.68. The van der Waals surface area contributed by atoms with Crippen LogP contribution < -0.4 is 0 Å². The number of halogens is 5. The van der Waals surface area contributed by atoms with E-state index in [1.165, 1.54) is 36.5 Å². The molecule has 2 aromatic carbocycles. The summed E-state index contributed by atoms with van der Waals surface area (Å²) in [5, 5.41) is 12.8. The fraction of sp³-hybridized carbons (Fsp3) is 0.167. The van der Waals surface area contributed by atoms with Gasteiger partial charge in [0.2, 0.25) is 5.82 Å². The third kappa shape index (κ3) is 5.48. The number of alkyl halides is 3. The summed E-state index contributed by atoms with van der Waals surface area (Å²) in [5.41, 5.74) is -0.670. The zero-order chi connectivity index (χ0) is 25.2. The molecule has 180 valence electrons. The maximum absolute atomic E-state index is 14.2. The highest BCUT2D eigenvalue weighted by Gasteiger charge is 2.35. The second-order valence-corrected chi connectivity index (χ2v) is 7.97. The number of carboxylic acid groups (broad SMARTS) is 1. The number of benzene rings is 2. The van der Waals surface area contributed by atoms with E-state index in [0.29, 0.717) is 24.1 Å². The SMILES string of the molecule is O=C(O)CCCc1ncc(-c2noc(-c3ccc(-c4ccccc4F)c(C(F)(F)F)c3)n2)cc1Cl. The average Bonchev–Trinajstić information content (AvgIpc) is 3.30. The van der Waals surface area contributed by atoms with E-state index in [1.54, 1.807) is 0 Å². The lowest BCUT2D eigenvalue weighted by molar-refractivity contribution is -0.138. The number of carbonyl (C=O) groups is 1. The fourth-order valence-electron chi connectivity index (χ4n) is 3.46. The molecule has 0 aliphatic heterocycles. The minimum Gasteiger partial charge on any atom is -0.481 e. The predicted molar refractivity (Wildman–Crippen MR) is 119 cm³/mol. The number of hydrogen-bond acceptors (Lipinski definition) is 5. The van der Waals surface area contributed by atoms with E-state index in [2.05, 4.69) is 15.1 Å². The Morgan fingerprint density at radius 2 is 1.83 bits per heavy atom. The van der Waals surface area contributed by atoms with E-state index < -0.39 is 23.5 Å². The van der Waals surface area contributed by atoms with Crippen LogP contribution in [0, 0.1) is 5.82 Å². The number of hydrogen-bond donors (Lipinski definition) is 1. The van der Waals surface area contributed by atoms with Crippen LogP contribution in [-0.2, 0) is 17.4 Å². The van der Waals surface area contributed by atoms with Crippen LogP contribution in [0.1, 0.15) is 24.1 Å². The zero-order valence-electron chi connectivity index (χ0n) is 17.8. The second-order valence-electron chi connectivity index (χ2n) is 7.56. The number of rotatable bonds is 7. The van der Waals surface area contributed by atoms with Gasteiger partial charge in [-0.25, -0.2) is 4.39 Å². The van der Waals surface area contributed by atoms with Crippen molar-refractivity contribution in [2.24, 2.45) is 0 Å². The number of pyridine rings is 1. The van der Waals surface area contributed by atoms with Crippen LogP contribution in [0.3, 0.4) is 0 Å². The molecule has 0 atom stereocenters. The Balaban J connectivity index is 1.64. The summed E-state index contributed by atoms with van der Waals surface area (Å²) >= 11 is 6.23. The third-order valence-electron chi connectivity index (χ3n) is 5.14. The molecule has 11 heteroatoms. The van der Waals surface area contributed by atoms with E-state index in [1.807, 2.05) is 0 Å².